The molecule has 2 aliphatic rings. The maximum Gasteiger partial charge on any atom is 0.256 e. The van der Waals surface area contributed by atoms with Crippen molar-refractivity contribution in [2.24, 2.45) is 5.92 Å². The summed E-state index contributed by atoms with van der Waals surface area (Å²) in [5, 5.41) is 6.16. The summed E-state index contributed by atoms with van der Waals surface area (Å²) in [5.41, 5.74) is 1.96. The Morgan fingerprint density at radius 3 is 2.45 bits per heavy atom. The molecule has 1 aliphatic heterocycles. The minimum absolute atomic E-state index is 0.193. The quantitative estimate of drug-likeness (QED) is 0.620. The molecule has 2 N–H and O–H groups in total. The molecule has 0 radical (unpaired) electrons. The van der Waals surface area contributed by atoms with Gasteiger partial charge in [0, 0.05) is 30.6 Å². The van der Waals surface area contributed by atoms with Crippen LogP contribution in [0.1, 0.15) is 70.2 Å². The molecule has 1 aromatic heterocycles. The number of carbonyl (C=O) groups is 2. The molecule has 2 amide bonds. The van der Waals surface area contributed by atoms with Crippen molar-refractivity contribution in [1.82, 2.24) is 9.62 Å². The number of nitrogens with one attached hydrogen (secondary N) is 2. The van der Waals surface area contributed by atoms with Crippen LogP contribution in [0.3, 0.4) is 0 Å². The van der Waals surface area contributed by atoms with Gasteiger partial charge >= 0.3 is 0 Å². The van der Waals surface area contributed by atoms with E-state index in [1.807, 2.05) is 0 Å². The van der Waals surface area contributed by atoms with Crippen molar-refractivity contribution in [3.63, 3.8) is 0 Å². The highest BCUT2D eigenvalue weighted by Crippen LogP contribution is 2.37. The molecule has 178 valence electrons. The van der Waals surface area contributed by atoms with Crippen LogP contribution in [0.4, 0.5) is 5.00 Å². The van der Waals surface area contributed by atoms with Crippen LogP contribution >= 0.6 is 11.3 Å². The number of amides is 2. The van der Waals surface area contributed by atoms with Crippen LogP contribution in [0.5, 0.6) is 0 Å². The van der Waals surface area contributed by atoms with Gasteiger partial charge in [-0.25, -0.2) is 8.42 Å². The van der Waals surface area contributed by atoms with E-state index in [9.17, 15) is 18.0 Å². The van der Waals surface area contributed by atoms with E-state index in [0.717, 1.165) is 50.5 Å². The van der Waals surface area contributed by atoms with E-state index in [1.165, 1.54) is 44.8 Å². The third kappa shape index (κ3) is 5.00. The van der Waals surface area contributed by atoms with E-state index in [0.29, 0.717) is 35.1 Å². The first-order valence-electron chi connectivity index (χ1n) is 11.6. The molecular weight excluding hydrogens is 458 g/mol. The Morgan fingerprint density at radius 2 is 1.76 bits per heavy atom. The molecule has 1 saturated heterocycles. The summed E-state index contributed by atoms with van der Waals surface area (Å²) in [6.45, 7) is 3.11. The molecule has 4 rings (SSSR count). The number of aryl methyl sites for hydroxylation is 1. The van der Waals surface area contributed by atoms with Crippen LogP contribution in [-0.2, 0) is 22.9 Å². The van der Waals surface area contributed by atoms with Gasteiger partial charge in [-0.1, -0.05) is 13.3 Å². The SMILES string of the molecule is CNC(=O)c1c(NC(=O)c2ccc(S(=O)(=O)N3CCCC(C)C3)cc2)sc2c1CCCCC2. The van der Waals surface area contributed by atoms with Crippen molar-refractivity contribution in [2.45, 2.75) is 56.8 Å². The van der Waals surface area contributed by atoms with E-state index < -0.39 is 10.0 Å². The highest BCUT2D eigenvalue weighted by molar-refractivity contribution is 7.89. The Hall–Kier alpha value is -2.23. The van der Waals surface area contributed by atoms with Crippen molar-refractivity contribution >= 4 is 38.2 Å². The van der Waals surface area contributed by atoms with Crippen LogP contribution in [0, 0.1) is 5.92 Å². The number of thiophene rings is 1. The third-order valence-electron chi connectivity index (χ3n) is 6.48. The van der Waals surface area contributed by atoms with E-state index in [-0.39, 0.29) is 16.7 Å². The lowest BCUT2D eigenvalue weighted by Gasteiger charge is -2.30. The second kappa shape index (κ2) is 9.95. The van der Waals surface area contributed by atoms with E-state index in [1.54, 1.807) is 7.05 Å². The largest absolute Gasteiger partial charge is 0.355 e. The van der Waals surface area contributed by atoms with Crippen molar-refractivity contribution < 1.29 is 18.0 Å². The van der Waals surface area contributed by atoms with Crippen molar-refractivity contribution in [1.29, 1.82) is 0 Å². The summed E-state index contributed by atoms with van der Waals surface area (Å²) in [7, 11) is -1.98. The van der Waals surface area contributed by atoms with Crippen molar-refractivity contribution in [2.75, 3.05) is 25.5 Å². The van der Waals surface area contributed by atoms with Crippen LogP contribution in [0.25, 0.3) is 0 Å². The molecule has 1 unspecified atom stereocenters. The van der Waals surface area contributed by atoms with Gasteiger partial charge in [-0.3, -0.25) is 9.59 Å². The molecule has 2 aromatic rings. The van der Waals surface area contributed by atoms with Gasteiger partial charge in [0.1, 0.15) is 5.00 Å². The fourth-order valence-corrected chi connectivity index (χ4v) is 7.54. The monoisotopic (exact) mass is 489 g/mol. The summed E-state index contributed by atoms with van der Waals surface area (Å²) in [6, 6.07) is 6.06. The lowest BCUT2D eigenvalue weighted by atomic mass is 10.0. The number of rotatable bonds is 5. The molecule has 1 aliphatic carbocycles. The first-order chi connectivity index (χ1) is 15.8. The Bertz CT molecular complexity index is 1140. The molecular formula is C24H31N3O4S2. The predicted octanol–water partition coefficient (Wildman–Crippen LogP) is 4.05. The summed E-state index contributed by atoms with van der Waals surface area (Å²) < 4.78 is 27.5. The lowest BCUT2D eigenvalue weighted by Crippen LogP contribution is -2.39. The maximum atomic E-state index is 13.0. The number of carbonyl (C=O) groups excluding carboxylic acids is 2. The van der Waals surface area contributed by atoms with Crippen molar-refractivity contribution in [3.8, 4) is 0 Å². The van der Waals surface area contributed by atoms with E-state index in [2.05, 4.69) is 17.6 Å². The van der Waals surface area contributed by atoms with Gasteiger partial charge in [0.15, 0.2) is 0 Å². The van der Waals surface area contributed by atoms with E-state index >= 15 is 0 Å². The normalized spacial score (nSPS) is 19.4. The number of hydrogen-bond donors (Lipinski definition) is 2. The molecule has 1 aromatic carbocycles. The molecule has 0 spiro atoms. The fraction of sp³-hybridized carbons (Fsp3) is 0.500. The summed E-state index contributed by atoms with van der Waals surface area (Å²) >= 11 is 1.47. The zero-order chi connectivity index (χ0) is 23.6. The Balaban J connectivity index is 1.54. The van der Waals surface area contributed by atoms with Gasteiger partial charge in [0.25, 0.3) is 11.8 Å². The maximum absolute atomic E-state index is 13.0. The van der Waals surface area contributed by atoms with Crippen molar-refractivity contribution in [3.05, 3.63) is 45.8 Å². The van der Waals surface area contributed by atoms with E-state index in [4.69, 9.17) is 0 Å². The minimum Gasteiger partial charge on any atom is -0.355 e. The zero-order valence-corrected chi connectivity index (χ0v) is 20.8. The summed E-state index contributed by atoms with van der Waals surface area (Å²) in [5.74, 6) is -0.206. The van der Waals surface area contributed by atoms with Gasteiger partial charge in [-0.05, 0) is 74.3 Å². The highest BCUT2D eigenvalue weighted by atomic mass is 32.2. The Labute approximate surface area is 199 Å². The molecule has 7 nitrogen and oxygen atoms in total. The average Bonchev–Trinajstić information content (AvgIpc) is 2.98. The molecule has 2 heterocycles. The number of fused-ring (bicyclic) bond motifs is 1. The predicted molar refractivity (Wildman–Crippen MR) is 131 cm³/mol. The Kier molecular flexibility index (Phi) is 7.21. The van der Waals surface area contributed by atoms with Crippen LogP contribution in [-0.4, -0.2) is 44.7 Å². The minimum atomic E-state index is -3.57. The van der Waals surface area contributed by atoms with Gasteiger partial charge in [0.05, 0.1) is 10.5 Å². The molecule has 33 heavy (non-hydrogen) atoms. The molecule has 0 bridgehead atoms. The topological polar surface area (TPSA) is 95.6 Å². The van der Waals surface area contributed by atoms with Crippen LogP contribution in [0.2, 0.25) is 0 Å². The number of hydrogen-bond acceptors (Lipinski definition) is 5. The second-order valence-corrected chi connectivity index (χ2v) is 12.0. The lowest BCUT2D eigenvalue weighted by molar-refractivity contribution is 0.0963. The highest BCUT2D eigenvalue weighted by Gasteiger charge is 2.29. The Morgan fingerprint density at radius 1 is 1.03 bits per heavy atom. The molecule has 9 heteroatoms. The number of benzene rings is 1. The van der Waals surface area contributed by atoms with Crippen LogP contribution < -0.4 is 10.6 Å². The number of sulfonamides is 1. The fourth-order valence-electron chi connectivity index (χ4n) is 4.66. The summed E-state index contributed by atoms with van der Waals surface area (Å²) in [4.78, 5) is 26.9. The van der Waals surface area contributed by atoms with Gasteiger partial charge in [-0.15, -0.1) is 11.3 Å². The third-order valence-corrected chi connectivity index (χ3v) is 9.56. The average molecular weight is 490 g/mol. The first kappa shape index (κ1) is 23.9. The van der Waals surface area contributed by atoms with Crippen LogP contribution in [0.15, 0.2) is 29.2 Å². The smallest absolute Gasteiger partial charge is 0.256 e. The zero-order valence-electron chi connectivity index (χ0n) is 19.1. The number of piperidine rings is 1. The number of nitrogens with zero attached hydrogens (tertiary/aromatic N) is 1. The molecule has 0 saturated carbocycles. The molecule has 1 atom stereocenters. The summed E-state index contributed by atoms with van der Waals surface area (Å²) in [6.07, 6.45) is 6.91. The van der Waals surface area contributed by atoms with Gasteiger partial charge in [-0.2, -0.15) is 4.31 Å². The first-order valence-corrected chi connectivity index (χ1v) is 13.8. The van der Waals surface area contributed by atoms with Gasteiger partial charge in [0.2, 0.25) is 10.0 Å². The second-order valence-electron chi connectivity index (χ2n) is 8.94. The number of anilines is 1. The van der Waals surface area contributed by atoms with Gasteiger partial charge < -0.3 is 10.6 Å². The standard InChI is InChI=1S/C24H31N3O4S2/c1-16-7-6-14-27(15-16)33(30,31)18-12-10-17(11-13-18)22(28)26-24-21(23(29)25-2)19-8-4-3-5-9-20(19)32-24/h10-13,16H,3-9,14-15H2,1-2H3,(H,25,29)(H,26,28). The molecule has 1 fully saturated rings.